The Bertz CT molecular complexity index is 666. The van der Waals surface area contributed by atoms with Gasteiger partial charge in [0.1, 0.15) is 6.07 Å². The van der Waals surface area contributed by atoms with Gasteiger partial charge in [-0.1, -0.05) is 6.07 Å². The van der Waals surface area contributed by atoms with Gasteiger partial charge in [-0.05, 0) is 49.6 Å². The molecule has 1 saturated heterocycles. The molecule has 0 radical (unpaired) electrons. The maximum Gasteiger partial charge on any atom is 0.163 e. The monoisotopic (exact) mass is 279 g/mol. The van der Waals surface area contributed by atoms with Gasteiger partial charge in [-0.25, -0.2) is 0 Å². The third kappa shape index (κ3) is 2.95. The van der Waals surface area contributed by atoms with E-state index >= 15 is 0 Å². The third-order valence-corrected chi connectivity index (χ3v) is 3.71. The Balaban J connectivity index is 1.81. The van der Waals surface area contributed by atoms with Crippen molar-refractivity contribution in [2.75, 3.05) is 23.3 Å². The van der Waals surface area contributed by atoms with Crippen molar-refractivity contribution < 1.29 is 0 Å². The largest absolute Gasteiger partial charge is 0.371 e. The maximum absolute atomic E-state index is 8.73. The summed E-state index contributed by atoms with van der Waals surface area (Å²) in [6, 6.07) is 11.7. The fraction of sp³-hybridized carbons (Fsp3) is 0.312. The number of nitrogens with zero attached hydrogens (tertiary/aromatic N) is 4. The number of hydrogen-bond acceptors (Lipinski definition) is 5. The van der Waals surface area contributed by atoms with Crippen LogP contribution in [0.1, 0.15) is 24.1 Å². The van der Waals surface area contributed by atoms with Crippen LogP contribution in [0.15, 0.2) is 30.3 Å². The molecule has 5 nitrogen and oxygen atoms in total. The Hall–Kier alpha value is -2.61. The van der Waals surface area contributed by atoms with Gasteiger partial charge in [-0.2, -0.15) is 5.26 Å². The fourth-order valence-electron chi connectivity index (χ4n) is 2.59. The molecule has 2 heterocycles. The molecule has 0 saturated carbocycles. The maximum atomic E-state index is 8.73. The van der Waals surface area contributed by atoms with Crippen LogP contribution in [0.25, 0.3) is 0 Å². The zero-order valence-corrected chi connectivity index (χ0v) is 12.0. The van der Waals surface area contributed by atoms with E-state index in [0.29, 0.717) is 11.5 Å². The topological polar surface area (TPSA) is 64.8 Å². The Labute approximate surface area is 124 Å². The molecule has 0 bridgehead atoms. The molecule has 3 rings (SSSR count). The van der Waals surface area contributed by atoms with Gasteiger partial charge in [0.15, 0.2) is 11.5 Å². The van der Waals surface area contributed by atoms with Crippen molar-refractivity contribution in [2.45, 2.75) is 19.8 Å². The minimum absolute atomic E-state index is 0.321. The number of aryl methyl sites for hydroxylation is 1. The van der Waals surface area contributed by atoms with Crippen LogP contribution in [0, 0.1) is 18.3 Å². The molecule has 1 N–H and O–H groups in total. The summed E-state index contributed by atoms with van der Waals surface area (Å²) in [5.74, 6) is 0.644. The van der Waals surface area contributed by atoms with E-state index in [9.17, 15) is 0 Å². The van der Waals surface area contributed by atoms with E-state index in [-0.39, 0.29) is 0 Å². The summed E-state index contributed by atoms with van der Waals surface area (Å²) in [7, 11) is 0. The molecule has 0 atom stereocenters. The normalized spacial score (nSPS) is 14.0. The van der Waals surface area contributed by atoms with Crippen molar-refractivity contribution in [3.05, 3.63) is 41.6 Å². The lowest BCUT2D eigenvalue weighted by Gasteiger charge is -2.21. The molecule has 1 aliphatic rings. The van der Waals surface area contributed by atoms with E-state index in [1.807, 2.05) is 12.1 Å². The van der Waals surface area contributed by atoms with Crippen molar-refractivity contribution >= 4 is 17.2 Å². The van der Waals surface area contributed by atoms with Crippen molar-refractivity contribution in [3.8, 4) is 6.07 Å². The number of nitrogens with one attached hydrogen (secondary N) is 1. The predicted octanol–water partition coefficient (Wildman–Crippen LogP) is 3.00. The molecule has 0 spiro atoms. The highest BCUT2D eigenvalue weighted by Gasteiger charge is 2.14. The van der Waals surface area contributed by atoms with Crippen LogP contribution in [0.3, 0.4) is 0 Å². The van der Waals surface area contributed by atoms with E-state index in [2.05, 4.69) is 39.5 Å². The molecule has 0 amide bonds. The molecule has 1 aromatic carbocycles. The van der Waals surface area contributed by atoms with Gasteiger partial charge in [0, 0.05) is 24.5 Å². The Morgan fingerprint density at radius 1 is 1.14 bits per heavy atom. The van der Waals surface area contributed by atoms with Gasteiger partial charge >= 0.3 is 0 Å². The zero-order chi connectivity index (χ0) is 14.7. The standard InChI is InChI=1S/C16H17N5/c1-12-4-5-13(10-15(12)21-8-2-3-9-21)18-16-7-6-14(11-17)19-20-16/h4-7,10H,2-3,8-9H2,1H3,(H,18,20). The highest BCUT2D eigenvalue weighted by Crippen LogP contribution is 2.28. The van der Waals surface area contributed by atoms with E-state index in [4.69, 9.17) is 5.26 Å². The summed E-state index contributed by atoms with van der Waals surface area (Å²) in [6.07, 6.45) is 2.52. The van der Waals surface area contributed by atoms with Crippen LogP contribution in [0.2, 0.25) is 0 Å². The minimum atomic E-state index is 0.321. The van der Waals surface area contributed by atoms with Crippen LogP contribution in [-0.4, -0.2) is 23.3 Å². The Morgan fingerprint density at radius 2 is 1.95 bits per heavy atom. The summed E-state index contributed by atoms with van der Waals surface area (Å²) < 4.78 is 0. The fourth-order valence-corrected chi connectivity index (χ4v) is 2.59. The molecule has 106 valence electrons. The molecule has 1 fully saturated rings. The molecule has 0 aliphatic carbocycles. The second kappa shape index (κ2) is 5.80. The average Bonchev–Trinajstić information content (AvgIpc) is 3.04. The number of anilines is 3. The number of hydrogen-bond donors (Lipinski definition) is 1. The molecular formula is C16H17N5. The van der Waals surface area contributed by atoms with Gasteiger partial charge in [0.2, 0.25) is 0 Å². The summed E-state index contributed by atoms with van der Waals surface area (Å²) in [6.45, 7) is 4.39. The van der Waals surface area contributed by atoms with Gasteiger partial charge < -0.3 is 10.2 Å². The smallest absolute Gasteiger partial charge is 0.163 e. The quantitative estimate of drug-likeness (QED) is 0.935. The highest BCUT2D eigenvalue weighted by molar-refractivity contribution is 5.66. The van der Waals surface area contributed by atoms with Gasteiger partial charge in [-0.3, -0.25) is 0 Å². The molecule has 1 aromatic heterocycles. The molecule has 5 heteroatoms. The molecule has 21 heavy (non-hydrogen) atoms. The van der Waals surface area contributed by atoms with Gasteiger partial charge in [-0.15, -0.1) is 10.2 Å². The first-order chi connectivity index (χ1) is 10.3. The minimum Gasteiger partial charge on any atom is -0.371 e. The van der Waals surface area contributed by atoms with Crippen LogP contribution >= 0.6 is 0 Å². The summed E-state index contributed by atoms with van der Waals surface area (Å²) in [5, 5.41) is 19.8. The van der Waals surface area contributed by atoms with Crippen molar-refractivity contribution in [3.63, 3.8) is 0 Å². The Kier molecular flexibility index (Phi) is 3.69. The summed E-state index contributed by atoms with van der Waals surface area (Å²) in [4.78, 5) is 2.42. The average molecular weight is 279 g/mol. The van der Waals surface area contributed by atoms with Gasteiger partial charge in [0.05, 0.1) is 0 Å². The van der Waals surface area contributed by atoms with E-state index in [1.54, 1.807) is 12.1 Å². The van der Waals surface area contributed by atoms with Gasteiger partial charge in [0.25, 0.3) is 0 Å². The first-order valence-electron chi connectivity index (χ1n) is 7.13. The van der Waals surface area contributed by atoms with Crippen molar-refractivity contribution in [2.24, 2.45) is 0 Å². The summed E-state index contributed by atoms with van der Waals surface area (Å²) in [5.41, 5.74) is 3.87. The first-order valence-corrected chi connectivity index (χ1v) is 7.13. The lowest BCUT2D eigenvalue weighted by molar-refractivity contribution is 0.949. The van der Waals surface area contributed by atoms with E-state index in [0.717, 1.165) is 18.8 Å². The lowest BCUT2D eigenvalue weighted by atomic mass is 10.1. The van der Waals surface area contributed by atoms with Crippen LogP contribution < -0.4 is 10.2 Å². The lowest BCUT2D eigenvalue weighted by Crippen LogP contribution is -2.18. The van der Waals surface area contributed by atoms with Crippen LogP contribution in [0.5, 0.6) is 0 Å². The van der Waals surface area contributed by atoms with E-state index < -0.39 is 0 Å². The molecular weight excluding hydrogens is 262 g/mol. The number of nitriles is 1. The van der Waals surface area contributed by atoms with Crippen LogP contribution in [-0.2, 0) is 0 Å². The second-order valence-electron chi connectivity index (χ2n) is 5.24. The highest BCUT2D eigenvalue weighted by atomic mass is 15.2. The molecule has 2 aromatic rings. The number of benzene rings is 1. The first kappa shape index (κ1) is 13.4. The van der Waals surface area contributed by atoms with Crippen molar-refractivity contribution in [1.82, 2.24) is 10.2 Å². The number of aromatic nitrogens is 2. The zero-order valence-electron chi connectivity index (χ0n) is 12.0. The predicted molar refractivity (Wildman–Crippen MR) is 82.7 cm³/mol. The third-order valence-electron chi connectivity index (χ3n) is 3.71. The van der Waals surface area contributed by atoms with Crippen LogP contribution in [0.4, 0.5) is 17.2 Å². The number of rotatable bonds is 3. The molecule has 0 unspecified atom stereocenters. The van der Waals surface area contributed by atoms with Crippen molar-refractivity contribution in [1.29, 1.82) is 5.26 Å². The summed E-state index contributed by atoms with van der Waals surface area (Å²) >= 11 is 0. The second-order valence-corrected chi connectivity index (χ2v) is 5.24. The Morgan fingerprint density at radius 3 is 2.62 bits per heavy atom. The van der Waals surface area contributed by atoms with E-state index in [1.165, 1.54) is 24.1 Å². The SMILES string of the molecule is Cc1ccc(Nc2ccc(C#N)nn2)cc1N1CCCC1. The molecule has 1 aliphatic heterocycles.